The van der Waals surface area contributed by atoms with Gasteiger partial charge in [-0.1, -0.05) is 0 Å². The Morgan fingerprint density at radius 2 is 1.97 bits per heavy atom. The summed E-state index contributed by atoms with van der Waals surface area (Å²) in [5.41, 5.74) is 2.27. The molecule has 6 heteroatoms. The molecule has 3 heterocycles. The van der Waals surface area contributed by atoms with Crippen LogP contribution in [0.25, 0.3) is 0 Å². The van der Waals surface area contributed by atoms with Crippen LogP contribution in [0, 0.1) is 11.8 Å². The lowest BCUT2D eigenvalue weighted by Gasteiger charge is -2.37. The van der Waals surface area contributed by atoms with Crippen LogP contribution in [0.5, 0.6) is 5.75 Å². The fourth-order valence-corrected chi connectivity index (χ4v) is 5.49. The number of nitrogens with one attached hydrogen (secondary N) is 1. The summed E-state index contributed by atoms with van der Waals surface area (Å²) in [4.78, 5) is 17.8. The first-order valence-corrected chi connectivity index (χ1v) is 11.4. The molecule has 2 aliphatic heterocycles. The number of amides is 1. The van der Waals surface area contributed by atoms with Gasteiger partial charge in [0.2, 0.25) is 5.91 Å². The molecule has 2 fully saturated rings. The topological polar surface area (TPSA) is 44.8 Å². The van der Waals surface area contributed by atoms with Gasteiger partial charge >= 0.3 is 0 Å². The molecule has 0 bridgehead atoms. The highest BCUT2D eigenvalue weighted by atomic mass is 32.1. The van der Waals surface area contributed by atoms with E-state index >= 15 is 0 Å². The monoisotopic (exact) mass is 413 g/mol. The summed E-state index contributed by atoms with van der Waals surface area (Å²) < 4.78 is 5.18. The third-order valence-electron chi connectivity index (χ3n) is 6.49. The Morgan fingerprint density at radius 1 is 1.21 bits per heavy atom. The van der Waals surface area contributed by atoms with Gasteiger partial charge < -0.3 is 15.0 Å². The van der Waals surface area contributed by atoms with Crippen LogP contribution in [0.4, 0.5) is 5.69 Å². The van der Waals surface area contributed by atoms with Crippen molar-refractivity contribution >= 4 is 22.9 Å². The molecule has 2 saturated heterocycles. The number of carbonyl (C=O) groups is 1. The van der Waals surface area contributed by atoms with Crippen LogP contribution >= 0.6 is 11.3 Å². The Kier molecular flexibility index (Phi) is 6.53. The molecule has 1 aromatic heterocycles. The maximum absolute atomic E-state index is 12.8. The number of piperidine rings is 1. The molecule has 0 spiro atoms. The third-order valence-corrected chi connectivity index (χ3v) is 7.22. The van der Waals surface area contributed by atoms with E-state index in [-0.39, 0.29) is 11.8 Å². The molecule has 1 aromatic carbocycles. The van der Waals surface area contributed by atoms with Gasteiger partial charge in [-0.3, -0.25) is 9.69 Å². The molecule has 1 N–H and O–H groups in total. The molecule has 5 nitrogen and oxygen atoms in total. The van der Waals surface area contributed by atoms with E-state index in [1.807, 2.05) is 24.3 Å². The van der Waals surface area contributed by atoms with Gasteiger partial charge in [-0.15, -0.1) is 0 Å². The van der Waals surface area contributed by atoms with Crippen molar-refractivity contribution in [2.75, 3.05) is 39.1 Å². The van der Waals surface area contributed by atoms with Crippen LogP contribution < -0.4 is 10.1 Å². The molecule has 0 radical (unpaired) electrons. The van der Waals surface area contributed by atoms with Gasteiger partial charge in [0.25, 0.3) is 0 Å². The van der Waals surface area contributed by atoms with E-state index in [0.717, 1.165) is 44.0 Å². The summed E-state index contributed by atoms with van der Waals surface area (Å²) >= 11 is 1.78. The molecule has 0 unspecified atom stereocenters. The van der Waals surface area contributed by atoms with Gasteiger partial charge in [-0.2, -0.15) is 11.3 Å². The summed E-state index contributed by atoms with van der Waals surface area (Å²) in [6, 6.07) is 10.3. The maximum Gasteiger partial charge on any atom is 0.228 e. The summed E-state index contributed by atoms with van der Waals surface area (Å²) in [6.07, 6.45) is 3.42. The highest BCUT2D eigenvalue weighted by Crippen LogP contribution is 2.34. The predicted octanol–water partition coefficient (Wildman–Crippen LogP) is 3.93. The highest BCUT2D eigenvalue weighted by Gasteiger charge is 2.39. The number of anilines is 1. The Morgan fingerprint density at radius 3 is 2.62 bits per heavy atom. The number of hydrogen-bond donors (Lipinski definition) is 1. The molecule has 0 saturated carbocycles. The minimum absolute atomic E-state index is 0.0657. The van der Waals surface area contributed by atoms with Crippen molar-refractivity contribution in [2.45, 2.75) is 31.8 Å². The van der Waals surface area contributed by atoms with Crippen LogP contribution in [-0.4, -0.2) is 55.5 Å². The Bertz CT molecular complexity index is 785. The number of benzene rings is 1. The molecule has 2 atom stereocenters. The van der Waals surface area contributed by atoms with Gasteiger partial charge in [0.1, 0.15) is 5.75 Å². The molecule has 2 aromatic rings. The molecular weight excluding hydrogens is 382 g/mol. The van der Waals surface area contributed by atoms with Crippen molar-refractivity contribution in [3.05, 3.63) is 46.7 Å². The smallest absolute Gasteiger partial charge is 0.228 e. The Labute approximate surface area is 177 Å². The first-order valence-electron chi connectivity index (χ1n) is 10.5. The maximum atomic E-state index is 12.8. The van der Waals surface area contributed by atoms with E-state index < -0.39 is 0 Å². The number of ether oxygens (including phenoxy) is 1. The van der Waals surface area contributed by atoms with Crippen molar-refractivity contribution in [3.8, 4) is 5.75 Å². The number of carbonyl (C=O) groups excluding carboxylic acids is 1. The van der Waals surface area contributed by atoms with E-state index in [1.165, 1.54) is 18.4 Å². The number of rotatable bonds is 6. The van der Waals surface area contributed by atoms with Crippen LogP contribution in [0.1, 0.15) is 24.8 Å². The second kappa shape index (κ2) is 9.28. The SMILES string of the molecule is COc1ccc(NC(=O)[C@@H]2C[C@H](C3CCN(Cc4ccsc4)CC3)N(C)C2)cc1. The average Bonchev–Trinajstić information content (AvgIpc) is 3.39. The number of hydrogen-bond acceptors (Lipinski definition) is 5. The number of nitrogens with zero attached hydrogens (tertiary/aromatic N) is 2. The van der Waals surface area contributed by atoms with E-state index in [1.54, 1.807) is 18.4 Å². The van der Waals surface area contributed by atoms with Crippen LogP contribution in [0.3, 0.4) is 0 Å². The lowest BCUT2D eigenvalue weighted by atomic mass is 9.86. The lowest BCUT2D eigenvalue weighted by Crippen LogP contribution is -2.41. The molecule has 156 valence electrons. The standard InChI is InChI=1S/C23H31N3O2S/c1-25-15-19(23(27)24-20-3-5-21(28-2)6-4-20)13-22(25)18-7-10-26(11-8-18)14-17-9-12-29-16-17/h3-6,9,12,16,18-19,22H,7-8,10-11,13-15H2,1-2H3,(H,24,27)/t19-,22-/m1/s1. The lowest BCUT2D eigenvalue weighted by molar-refractivity contribution is -0.119. The predicted molar refractivity (Wildman–Crippen MR) is 118 cm³/mol. The molecule has 0 aliphatic carbocycles. The third kappa shape index (κ3) is 5.00. The number of likely N-dealkylation sites (tertiary alicyclic amines) is 2. The van der Waals surface area contributed by atoms with Gasteiger partial charge in [-0.25, -0.2) is 0 Å². The number of thiophene rings is 1. The second-order valence-electron chi connectivity index (χ2n) is 8.40. The fourth-order valence-electron chi connectivity index (χ4n) is 4.83. The van der Waals surface area contributed by atoms with Crippen molar-refractivity contribution in [3.63, 3.8) is 0 Å². The van der Waals surface area contributed by atoms with Gasteiger partial charge in [0.05, 0.1) is 13.0 Å². The normalized spacial score (nSPS) is 23.9. The zero-order chi connectivity index (χ0) is 20.2. The van der Waals surface area contributed by atoms with Crippen molar-refractivity contribution in [1.29, 1.82) is 0 Å². The Balaban J connectivity index is 1.27. The quantitative estimate of drug-likeness (QED) is 0.779. The fraction of sp³-hybridized carbons (Fsp3) is 0.522. The van der Waals surface area contributed by atoms with E-state index in [4.69, 9.17) is 4.74 Å². The first kappa shape index (κ1) is 20.4. The van der Waals surface area contributed by atoms with Gasteiger partial charge in [0, 0.05) is 24.8 Å². The van der Waals surface area contributed by atoms with E-state index in [0.29, 0.717) is 12.0 Å². The van der Waals surface area contributed by atoms with Crippen LogP contribution in [0.15, 0.2) is 41.1 Å². The first-order chi connectivity index (χ1) is 14.1. The minimum atomic E-state index is 0.0657. The molecule has 2 aliphatic rings. The Hall–Kier alpha value is -1.89. The van der Waals surface area contributed by atoms with Crippen molar-refractivity contribution < 1.29 is 9.53 Å². The zero-order valence-electron chi connectivity index (χ0n) is 17.3. The molecule has 1 amide bonds. The van der Waals surface area contributed by atoms with Gasteiger partial charge in [-0.05, 0) is 92.0 Å². The minimum Gasteiger partial charge on any atom is -0.497 e. The van der Waals surface area contributed by atoms with Crippen molar-refractivity contribution in [1.82, 2.24) is 9.80 Å². The summed E-state index contributed by atoms with van der Waals surface area (Å²) in [6.45, 7) is 4.24. The van der Waals surface area contributed by atoms with Crippen LogP contribution in [0.2, 0.25) is 0 Å². The largest absolute Gasteiger partial charge is 0.497 e. The second-order valence-corrected chi connectivity index (χ2v) is 9.18. The average molecular weight is 414 g/mol. The number of methoxy groups -OCH3 is 1. The van der Waals surface area contributed by atoms with E-state index in [2.05, 4.69) is 39.0 Å². The zero-order valence-corrected chi connectivity index (χ0v) is 18.2. The van der Waals surface area contributed by atoms with Gasteiger partial charge in [0.15, 0.2) is 0 Å². The summed E-state index contributed by atoms with van der Waals surface area (Å²) in [5, 5.41) is 7.49. The summed E-state index contributed by atoms with van der Waals surface area (Å²) in [7, 11) is 3.83. The van der Waals surface area contributed by atoms with E-state index in [9.17, 15) is 4.79 Å². The summed E-state index contributed by atoms with van der Waals surface area (Å²) in [5.74, 6) is 1.70. The molecule has 4 rings (SSSR count). The van der Waals surface area contributed by atoms with Crippen LogP contribution in [-0.2, 0) is 11.3 Å². The molecular formula is C23H31N3O2S. The highest BCUT2D eigenvalue weighted by molar-refractivity contribution is 7.07. The van der Waals surface area contributed by atoms with Crippen molar-refractivity contribution in [2.24, 2.45) is 11.8 Å². The molecule has 29 heavy (non-hydrogen) atoms.